The molecular weight excluding hydrogens is 288 g/mol. The van der Waals surface area contributed by atoms with Crippen LogP contribution in [0.5, 0.6) is 11.5 Å². The van der Waals surface area contributed by atoms with Gasteiger partial charge in [0, 0.05) is 6.04 Å². The first kappa shape index (κ1) is 15.4. The Morgan fingerprint density at radius 2 is 1.74 bits per heavy atom. The summed E-state index contributed by atoms with van der Waals surface area (Å²) in [5.74, 6) is 2.59. The summed E-state index contributed by atoms with van der Waals surface area (Å²) < 4.78 is 13.4. The Balaban J connectivity index is 1.86. The number of para-hydroxylation sites is 2. The number of nitrogens with zero attached hydrogens (tertiary/aromatic N) is 2. The Hall–Kier alpha value is -2.49. The molecule has 1 unspecified atom stereocenters. The summed E-state index contributed by atoms with van der Waals surface area (Å²) in [7, 11) is 1.66. The molecule has 23 heavy (non-hydrogen) atoms. The molecule has 3 aromatic rings. The standard InChI is InChI=1S/C19H22N2O2/c1-4-14(2)21-18-8-6-5-7-17(18)20-19(21)13-23-16-11-9-15(22-3)10-12-16/h5-12,14H,4,13H2,1-3H3. The van der Waals surface area contributed by atoms with Crippen LogP contribution in [0.2, 0.25) is 0 Å². The first-order valence-corrected chi connectivity index (χ1v) is 7.95. The average molecular weight is 310 g/mol. The quantitative estimate of drug-likeness (QED) is 0.668. The van der Waals surface area contributed by atoms with Gasteiger partial charge >= 0.3 is 0 Å². The fraction of sp³-hybridized carbons (Fsp3) is 0.316. The van der Waals surface area contributed by atoms with E-state index >= 15 is 0 Å². The minimum atomic E-state index is 0.386. The van der Waals surface area contributed by atoms with E-state index in [1.807, 2.05) is 36.4 Å². The highest BCUT2D eigenvalue weighted by atomic mass is 16.5. The minimum absolute atomic E-state index is 0.386. The Kier molecular flexibility index (Phi) is 4.51. The summed E-state index contributed by atoms with van der Waals surface area (Å²) in [6.07, 6.45) is 1.05. The molecule has 0 saturated carbocycles. The molecule has 0 aliphatic heterocycles. The Labute approximate surface area is 136 Å². The van der Waals surface area contributed by atoms with E-state index in [9.17, 15) is 0 Å². The lowest BCUT2D eigenvalue weighted by Gasteiger charge is -2.16. The second kappa shape index (κ2) is 6.73. The molecule has 3 rings (SSSR count). The second-order valence-electron chi connectivity index (χ2n) is 5.61. The summed E-state index contributed by atoms with van der Waals surface area (Å²) in [5.41, 5.74) is 2.18. The van der Waals surface area contributed by atoms with Crippen molar-refractivity contribution in [1.29, 1.82) is 0 Å². The van der Waals surface area contributed by atoms with E-state index in [1.54, 1.807) is 7.11 Å². The lowest BCUT2D eigenvalue weighted by Crippen LogP contribution is -2.11. The third-order valence-electron chi connectivity index (χ3n) is 4.13. The normalized spacial score (nSPS) is 12.3. The second-order valence-corrected chi connectivity index (χ2v) is 5.61. The Morgan fingerprint density at radius 1 is 1.04 bits per heavy atom. The Bertz CT molecular complexity index is 778. The average Bonchev–Trinajstić information content (AvgIpc) is 2.98. The highest BCUT2D eigenvalue weighted by Crippen LogP contribution is 2.24. The van der Waals surface area contributed by atoms with E-state index in [1.165, 1.54) is 0 Å². The van der Waals surface area contributed by atoms with Crippen molar-refractivity contribution in [3.05, 3.63) is 54.4 Å². The number of aromatic nitrogens is 2. The van der Waals surface area contributed by atoms with Crippen LogP contribution < -0.4 is 9.47 Å². The number of rotatable bonds is 6. The molecule has 2 aromatic carbocycles. The third-order valence-corrected chi connectivity index (χ3v) is 4.13. The molecular formula is C19H22N2O2. The summed E-state index contributed by atoms with van der Waals surface area (Å²) in [5, 5.41) is 0. The van der Waals surface area contributed by atoms with Gasteiger partial charge in [-0.2, -0.15) is 0 Å². The molecule has 4 heteroatoms. The largest absolute Gasteiger partial charge is 0.497 e. The molecule has 1 heterocycles. The summed E-state index contributed by atoms with van der Waals surface area (Å²) in [4.78, 5) is 4.74. The van der Waals surface area contributed by atoms with Crippen LogP contribution >= 0.6 is 0 Å². The maximum Gasteiger partial charge on any atom is 0.148 e. The molecule has 0 bridgehead atoms. The number of fused-ring (bicyclic) bond motifs is 1. The zero-order chi connectivity index (χ0) is 16.2. The van der Waals surface area contributed by atoms with Crippen LogP contribution in [0.3, 0.4) is 0 Å². The lowest BCUT2D eigenvalue weighted by molar-refractivity contribution is 0.285. The van der Waals surface area contributed by atoms with Gasteiger partial charge in [0.25, 0.3) is 0 Å². The predicted octanol–water partition coefficient (Wildman–Crippen LogP) is 4.59. The van der Waals surface area contributed by atoms with Crippen molar-refractivity contribution in [2.24, 2.45) is 0 Å². The van der Waals surface area contributed by atoms with Crippen molar-refractivity contribution in [2.75, 3.05) is 7.11 Å². The van der Waals surface area contributed by atoms with Gasteiger partial charge in [-0.3, -0.25) is 0 Å². The smallest absolute Gasteiger partial charge is 0.148 e. The van der Waals surface area contributed by atoms with Gasteiger partial charge in [0.15, 0.2) is 0 Å². The Morgan fingerprint density at radius 3 is 2.43 bits per heavy atom. The van der Waals surface area contributed by atoms with Crippen molar-refractivity contribution in [3.63, 3.8) is 0 Å². The SMILES string of the molecule is CCC(C)n1c(COc2ccc(OC)cc2)nc2ccccc21. The van der Waals surface area contributed by atoms with E-state index in [4.69, 9.17) is 14.5 Å². The topological polar surface area (TPSA) is 36.3 Å². The maximum absolute atomic E-state index is 5.92. The zero-order valence-corrected chi connectivity index (χ0v) is 13.8. The van der Waals surface area contributed by atoms with Crippen molar-refractivity contribution >= 4 is 11.0 Å². The van der Waals surface area contributed by atoms with E-state index in [0.717, 1.165) is 34.8 Å². The van der Waals surface area contributed by atoms with Crippen LogP contribution in [0, 0.1) is 0 Å². The van der Waals surface area contributed by atoms with Crippen LogP contribution in [0.1, 0.15) is 32.1 Å². The number of ether oxygens (including phenoxy) is 2. The number of methoxy groups -OCH3 is 1. The van der Waals surface area contributed by atoms with Crippen molar-refractivity contribution < 1.29 is 9.47 Å². The van der Waals surface area contributed by atoms with Gasteiger partial charge in [0.2, 0.25) is 0 Å². The number of benzene rings is 2. The van der Waals surface area contributed by atoms with E-state index in [-0.39, 0.29) is 0 Å². The van der Waals surface area contributed by atoms with E-state index in [2.05, 4.69) is 30.5 Å². The van der Waals surface area contributed by atoms with Crippen molar-refractivity contribution in [3.8, 4) is 11.5 Å². The number of imidazole rings is 1. The monoisotopic (exact) mass is 310 g/mol. The van der Waals surface area contributed by atoms with Crippen molar-refractivity contribution in [2.45, 2.75) is 32.9 Å². The molecule has 120 valence electrons. The summed E-state index contributed by atoms with van der Waals surface area (Å²) in [6.45, 7) is 4.85. The molecule has 0 saturated heterocycles. The molecule has 0 spiro atoms. The van der Waals surface area contributed by atoms with Gasteiger partial charge in [-0.1, -0.05) is 19.1 Å². The molecule has 0 N–H and O–H groups in total. The molecule has 0 aliphatic carbocycles. The molecule has 0 fully saturated rings. The highest BCUT2D eigenvalue weighted by Gasteiger charge is 2.15. The number of hydrogen-bond acceptors (Lipinski definition) is 3. The molecule has 0 amide bonds. The van der Waals surface area contributed by atoms with Gasteiger partial charge in [-0.15, -0.1) is 0 Å². The van der Waals surface area contributed by atoms with Gasteiger partial charge < -0.3 is 14.0 Å². The molecule has 0 aliphatic rings. The first-order valence-electron chi connectivity index (χ1n) is 7.95. The van der Waals surface area contributed by atoms with Gasteiger partial charge in [0.1, 0.15) is 23.9 Å². The van der Waals surface area contributed by atoms with Crippen LogP contribution in [-0.4, -0.2) is 16.7 Å². The fourth-order valence-corrected chi connectivity index (χ4v) is 2.69. The first-order chi connectivity index (χ1) is 11.2. The minimum Gasteiger partial charge on any atom is -0.497 e. The molecule has 4 nitrogen and oxygen atoms in total. The number of hydrogen-bond donors (Lipinski definition) is 0. The van der Waals surface area contributed by atoms with Gasteiger partial charge in [-0.05, 0) is 49.7 Å². The predicted molar refractivity (Wildman–Crippen MR) is 92.1 cm³/mol. The zero-order valence-electron chi connectivity index (χ0n) is 13.8. The summed E-state index contributed by atoms with van der Waals surface area (Å²) >= 11 is 0. The van der Waals surface area contributed by atoms with Crippen molar-refractivity contribution in [1.82, 2.24) is 9.55 Å². The van der Waals surface area contributed by atoms with Crippen LogP contribution in [-0.2, 0) is 6.61 Å². The highest BCUT2D eigenvalue weighted by molar-refractivity contribution is 5.76. The fourth-order valence-electron chi connectivity index (χ4n) is 2.69. The molecule has 1 atom stereocenters. The van der Waals surface area contributed by atoms with Crippen LogP contribution in [0.15, 0.2) is 48.5 Å². The van der Waals surface area contributed by atoms with Gasteiger partial charge in [-0.25, -0.2) is 4.98 Å². The van der Waals surface area contributed by atoms with E-state index < -0.39 is 0 Å². The van der Waals surface area contributed by atoms with Gasteiger partial charge in [0.05, 0.1) is 18.1 Å². The van der Waals surface area contributed by atoms with E-state index in [0.29, 0.717) is 12.6 Å². The molecule has 1 aromatic heterocycles. The van der Waals surface area contributed by atoms with Crippen LogP contribution in [0.25, 0.3) is 11.0 Å². The van der Waals surface area contributed by atoms with Crippen LogP contribution in [0.4, 0.5) is 0 Å². The third kappa shape index (κ3) is 3.16. The lowest BCUT2D eigenvalue weighted by atomic mass is 10.2. The molecule has 0 radical (unpaired) electrons. The summed E-state index contributed by atoms with van der Waals surface area (Å²) in [6, 6.07) is 16.2. The maximum atomic E-state index is 5.92.